The number of sulfonamides is 1. The Morgan fingerprint density at radius 1 is 0.933 bits per heavy atom. The zero-order chi connectivity index (χ0) is 21.6. The minimum Gasteiger partial charge on any atom is -0.322 e. The minimum atomic E-state index is -3.58. The molecule has 0 heterocycles. The van der Waals surface area contributed by atoms with Crippen LogP contribution in [0, 0.1) is 11.3 Å². The highest BCUT2D eigenvalue weighted by Gasteiger charge is 2.20. The van der Waals surface area contributed by atoms with Gasteiger partial charge in [-0.05, 0) is 47.5 Å². The molecule has 0 aromatic heterocycles. The second-order valence-corrected chi connectivity index (χ2v) is 8.80. The Labute approximate surface area is 176 Å². The maximum Gasteiger partial charge on any atom is 0.255 e. The SMILES string of the molecule is CN(Cc1ccc(C(=O)Nc2ccc(CC#N)cc2)cc1)S(=O)(=O)c1ccccc1. The molecule has 3 aromatic rings. The number of carbonyl (C=O) groups is 1. The van der Waals surface area contributed by atoms with Crippen LogP contribution in [0.1, 0.15) is 21.5 Å². The average Bonchev–Trinajstić information content (AvgIpc) is 2.76. The number of nitrogens with one attached hydrogen (secondary N) is 1. The Hall–Kier alpha value is -3.47. The van der Waals surface area contributed by atoms with E-state index in [1.165, 1.54) is 11.4 Å². The molecule has 152 valence electrons. The van der Waals surface area contributed by atoms with Crippen LogP contribution in [0.4, 0.5) is 5.69 Å². The Morgan fingerprint density at radius 2 is 1.53 bits per heavy atom. The molecule has 1 amide bonds. The molecule has 0 aliphatic carbocycles. The molecule has 0 saturated heterocycles. The third kappa shape index (κ3) is 5.11. The molecule has 1 N–H and O–H groups in total. The lowest BCUT2D eigenvalue weighted by molar-refractivity contribution is 0.102. The van der Waals surface area contributed by atoms with Gasteiger partial charge in [0.1, 0.15) is 0 Å². The van der Waals surface area contributed by atoms with Gasteiger partial charge in [0.2, 0.25) is 10.0 Å². The summed E-state index contributed by atoms with van der Waals surface area (Å²) in [6.07, 6.45) is 0.324. The monoisotopic (exact) mass is 419 g/mol. The predicted molar refractivity (Wildman–Crippen MR) is 115 cm³/mol. The van der Waals surface area contributed by atoms with Gasteiger partial charge in [-0.1, -0.05) is 42.5 Å². The highest BCUT2D eigenvalue weighted by Crippen LogP contribution is 2.17. The van der Waals surface area contributed by atoms with Gasteiger partial charge in [0.05, 0.1) is 17.4 Å². The van der Waals surface area contributed by atoms with Gasteiger partial charge in [0.25, 0.3) is 5.91 Å². The topological polar surface area (TPSA) is 90.3 Å². The summed E-state index contributed by atoms with van der Waals surface area (Å²) in [4.78, 5) is 12.7. The van der Waals surface area contributed by atoms with Crippen molar-refractivity contribution in [3.05, 3.63) is 95.6 Å². The van der Waals surface area contributed by atoms with Crippen molar-refractivity contribution in [2.24, 2.45) is 0 Å². The van der Waals surface area contributed by atoms with E-state index in [0.29, 0.717) is 17.7 Å². The van der Waals surface area contributed by atoms with E-state index >= 15 is 0 Å². The Kier molecular flexibility index (Phi) is 6.62. The molecule has 3 aromatic carbocycles. The molecule has 3 rings (SSSR count). The van der Waals surface area contributed by atoms with E-state index in [1.54, 1.807) is 78.9 Å². The first-order valence-electron chi connectivity index (χ1n) is 9.28. The van der Waals surface area contributed by atoms with E-state index in [2.05, 4.69) is 11.4 Å². The van der Waals surface area contributed by atoms with Crippen LogP contribution >= 0.6 is 0 Å². The first-order valence-corrected chi connectivity index (χ1v) is 10.7. The molecule has 0 saturated carbocycles. The molecule has 6 nitrogen and oxygen atoms in total. The highest BCUT2D eigenvalue weighted by atomic mass is 32.2. The lowest BCUT2D eigenvalue weighted by atomic mass is 10.1. The van der Waals surface area contributed by atoms with Gasteiger partial charge in [0.15, 0.2) is 0 Å². The molecule has 0 spiro atoms. The largest absolute Gasteiger partial charge is 0.322 e. The number of hydrogen-bond acceptors (Lipinski definition) is 4. The summed E-state index contributed by atoms with van der Waals surface area (Å²) in [7, 11) is -2.05. The Bertz CT molecular complexity index is 1150. The van der Waals surface area contributed by atoms with Crippen molar-refractivity contribution in [3.63, 3.8) is 0 Å². The van der Waals surface area contributed by atoms with Crippen molar-refractivity contribution in [2.45, 2.75) is 17.9 Å². The van der Waals surface area contributed by atoms with Crippen LogP contribution in [0.3, 0.4) is 0 Å². The van der Waals surface area contributed by atoms with Crippen LogP contribution < -0.4 is 5.32 Å². The summed E-state index contributed by atoms with van der Waals surface area (Å²) in [5, 5.41) is 11.5. The first-order chi connectivity index (χ1) is 14.4. The normalized spacial score (nSPS) is 11.1. The van der Waals surface area contributed by atoms with Gasteiger partial charge >= 0.3 is 0 Å². The van der Waals surface area contributed by atoms with Gasteiger partial charge in [-0.25, -0.2) is 8.42 Å². The van der Waals surface area contributed by atoms with E-state index in [-0.39, 0.29) is 17.3 Å². The van der Waals surface area contributed by atoms with Crippen LogP contribution in [-0.2, 0) is 23.0 Å². The van der Waals surface area contributed by atoms with Gasteiger partial charge < -0.3 is 5.32 Å². The number of rotatable bonds is 7. The van der Waals surface area contributed by atoms with Crippen molar-refractivity contribution >= 4 is 21.6 Å². The van der Waals surface area contributed by atoms with Gasteiger partial charge in [-0.3, -0.25) is 4.79 Å². The zero-order valence-electron chi connectivity index (χ0n) is 16.4. The summed E-state index contributed by atoms with van der Waals surface area (Å²) < 4.78 is 26.5. The van der Waals surface area contributed by atoms with Crippen molar-refractivity contribution in [2.75, 3.05) is 12.4 Å². The second kappa shape index (κ2) is 9.35. The Morgan fingerprint density at radius 3 is 2.13 bits per heavy atom. The molecule has 7 heteroatoms. The number of carbonyl (C=O) groups excluding carboxylic acids is 1. The average molecular weight is 420 g/mol. The highest BCUT2D eigenvalue weighted by molar-refractivity contribution is 7.89. The number of benzene rings is 3. The predicted octanol–water partition coefficient (Wildman–Crippen LogP) is 3.83. The molecule has 0 bridgehead atoms. The zero-order valence-corrected chi connectivity index (χ0v) is 17.3. The summed E-state index contributed by atoms with van der Waals surface area (Å²) >= 11 is 0. The van der Waals surface area contributed by atoms with Crippen LogP contribution in [0.5, 0.6) is 0 Å². The number of anilines is 1. The van der Waals surface area contributed by atoms with Gasteiger partial charge in [0, 0.05) is 24.8 Å². The molecule has 0 atom stereocenters. The summed E-state index contributed by atoms with van der Waals surface area (Å²) in [6.45, 7) is 0.194. The van der Waals surface area contributed by atoms with E-state index in [1.807, 2.05) is 0 Å². The lowest BCUT2D eigenvalue weighted by Gasteiger charge is -2.17. The standard InChI is InChI=1S/C23H21N3O3S/c1-26(30(28,29)22-5-3-2-4-6-22)17-19-7-11-20(12-8-19)23(27)25-21-13-9-18(10-14-21)15-16-24/h2-14H,15,17H2,1H3,(H,25,27). The van der Waals surface area contributed by atoms with Crippen LogP contribution in [-0.4, -0.2) is 25.7 Å². The third-order valence-corrected chi connectivity index (χ3v) is 6.39. The quantitative estimate of drug-likeness (QED) is 0.630. The number of hydrogen-bond donors (Lipinski definition) is 1. The van der Waals surface area contributed by atoms with E-state index < -0.39 is 10.0 Å². The van der Waals surface area contributed by atoms with Gasteiger partial charge in [-0.15, -0.1) is 0 Å². The van der Waals surface area contributed by atoms with Crippen molar-refractivity contribution in [1.29, 1.82) is 5.26 Å². The van der Waals surface area contributed by atoms with Crippen molar-refractivity contribution in [1.82, 2.24) is 4.31 Å². The van der Waals surface area contributed by atoms with Crippen LogP contribution in [0.25, 0.3) is 0 Å². The molecular weight excluding hydrogens is 398 g/mol. The Balaban J connectivity index is 1.64. The summed E-state index contributed by atoms with van der Waals surface area (Å²) in [5.74, 6) is -0.264. The molecular formula is C23H21N3O3S. The minimum absolute atomic E-state index is 0.194. The maximum absolute atomic E-state index is 12.6. The molecule has 0 unspecified atom stereocenters. The molecule has 0 fully saturated rings. The van der Waals surface area contributed by atoms with E-state index in [0.717, 1.165) is 11.1 Å². The van der Waals surface area contributed by atoms with E-state index in [4.69, 9.17) is 5.26 Å². The fourth-order valence-corrected chi connectivity index (χ4v) is 4.06. The summed E-state index contributed by atoms with van der Waals surface area (Å²) in [5.41, 5.74) is 2.76. The second-order valence-electron chi connectivity index (χ2n) is 6.76. The van der Waals surface area contributed by atoms with E-state index in [9.17, 15) is 13.2 Å². The summed E-state index contributed by atoms with van der Waals surface area (Å²) in [6, 6.07) is 24.2. The maximum atomic E-state index is 12.6. The van der Waals surface area contributed by atoms with Crippen molar-refractivity contribution < 1.29 is 13.2 Å². The fourth-order valence-electron chi connectivity index (χ4n) is 2.88. The molecule has 0 aliphatic rings. The third-order valence-electron chi connectivity index (χ3n) is 4.57. The van der Waals surface area contributed by atoms with Crippen molar-refractivity contribution in [3.8, 4) is 6.07 Å². The molecule has 0 radical (unpaired) electrons. The lowest BCUT2D eigenvalue weighted by Crippen LogP contribution is -2.26. The first kappa shape index (κ1) is 21.2. The number of amides is 1. The number of nitrogens with zero attached hydrogens (tertiary/aromatic N) is 2. The number of nitriles is 1. The molecule has 0 aliphatic heterocycles. The van der Waals surface area contributed by atoms with Crippen LogP contribution in [0.15, 0.2) is 83.8 Å². The van der Waals surface area contributed by atoms with Crippen LogP contribution in [0.2, 0.25) is 0 Å². The molecule has 30 heavy (non-hydrogen) atoms. The fraction of sp³-hybridized carbons (Fsp3) is 0.130. The smallest absolute Gasteiger partial charge is 0.255 e. The van der Waals surface area contributed by atoms with Gasteiger partial charge in [-0.2, -0.15) is 9.57 Å².